The van der Waals surface area contributed by atoms with Gasteiger partial charge in [-0.3, -0.25) is 0 Å². The number of hydrogen-bond acceptors (Lipinski definition) is 4. The van der Waals surface area contributed by atoms with Crippen LogP contribution in [0, 0.1) is 5.82 Å². The second-order valence-corrected chi connectivity index (χ2v) is 7.43. The van der Waals surface area contributed by atoms with Crippen molar-refractivity contribution in [3.63, 3.8) is 0 Å². The van der Waals surface area contributed by atoms with Crippen molar-refractivity contribution in [3.05, 3.63) is 53.8 Å². The zero-order valence-corrected chi connectivity index (χ0v) is 13.5. The number of fused-ring (bicyclic) bond motifs is 1. The fourth-order valence-corrected chi connectivity index (χ4v) is 3.78. The minimum Gasteiger partial charge on any atom is -0.454 e. The Hall–Kier alpha value is -2.12. The van der Waals surface area contributed by atoms with Gasteiger partial charge in [0.15, 0.2) is 11.5 Å². The highest BCUT2D eigenvalue weighted by Gasteiger charge is 2.29. The maximum Gasteiger partial charge on any atom is 0.241 e. The fourth-order valence-electron chi connectivity index (χ4n) is 2.36. The molecule has 7 heteroatoms. The van der Waals surface area contributed by atoms with Crippen LogP contribution in [-0.2, 0) is 15.6 Å². The van der Waals surface area contributed by atoms with Gasteiger partial charge in [0.05, 0.1) is 10.4 Å². The Bertz CT molecular complexity index is 832. The van der Waals surface area contributed by atoms with E-state index >= 15 is 0 Å². The van der Waals surface area contributed by atoms with Crippen LogP contribution in [0.2, 0.25) is 0 Å². The van der Waals surface area contributed by atoms with Gasteiger partial charge >= 0.3 is 0 Å². The van der Waals surface area contributed by atoms with Crippen LogP contribution in [0.3, 0.4) is 0 Å². The lowest BCUT2D eigenvalue weighted by Gasteiger charge is -2.26. The van der Waals surface area contributed by atoms with Gasteiger partial charge in [-0.2, -0.15) is 0 Å². The first-order valence-corrected chi connectivity index (χ1v) is 8.46. The van der Waals surface area contributed by atoms with Crippen LogP contribution in [-0.4, -0.2) is 15.2 Å². The van der Waals surface area contributed by atoms with E-state index in [0.717, 1.165) is 0 Å². The van der Waals surface area contributed by atoms with Crippen molar-refractivity contribution in [2.24, 2.45) is 0 Å². The van der Waals surface area contributed by atoms with E-state index < -0.39 is 15.6 Å². The van der Waals surface area contributed by atoms with Gasteiger partial charge in [-0.1, -0.05) is 12.1 Å². The van der Waals surface area contributed by atoms with Gasteiger partial charge in [0, 0.05) is 6.07 Å². The summed E-state index contributed by atoms with van der Waals surface area (Å²) in [6, 6.07) is 10.1. The molecular weight excluding hydrogens is 321 g/mol. The highest BCUT2D eigenvalue weighted by molar-refractivity contribution is 7.89. The highest BCUT2D eigenvalue weighted by Crippen LogP contribution is 2.34. The van der Waals surface area contributed by atoms with Crippen LogP contribution in [0.25, 0.3) is 0 Å². The van der Waals surface area contributed by atoms with Crippen LogP contribution >= 0.6 is 0 Å². The molecule has 3 rings (SSSR count). The molecule has 0 radical (unpaired) electrons. The number of nitrogens with one attached hydrogen (secondary N) is 1. The molecule has 0 atom stereocenters. The van der Waals surface area contributed by atoms with Gasteiger partial charge in [-0.05, 0) is 43.7 Å². The molecule has 1 aliphatic rings. The lowest BCUT2D eigenvalue weighted by molar-refractivity contribution is 0.174. The molecule has 1 aliphatic heterocycles. The van der Waals surface area contributed by atoms with E-state index in [9.17, 15) is 12.8 Å². The van der Waals surface area contributed by atoms with Gasteiger partial charge in [-0.15, -0.1) is 0 Å². The molecule has 0 saturated carbocycles. The van der Waals surface area contributed by atoms with Crippen molar-refractivity contribution in [2.45, 2.75) is 24.3 Å². The van der Waals surface area contributed by atoms with Crippen molar-refractivity contribution in [1.82, 2.24) is 4.72 Å². The van der Waals surface area contributed by atoms with Crippen molar-refractivity contribution in [1.29, 1.82) is 0 Å². The third kappa shape index (κ3) is 3.16. The van der Waals surface area contributed by atoms with E-state index in [4.69, 9.17) is 9.47 Å². The summed E-state index contributed by atoms with van der Waals surface area (Å²) in [4.78, 5) is 0.0805. The summed E-state index contributed by atoms with van der Waals surface area (Å²) in [5.41, 5.74) is -0.244. The van der Waals surface area contributed by atoms with Crippen LogP contribution < -0.4 is 14.2 Å². The first kappa shape index (κ1) is 15.8. The first-order chi connectivity index (χ1) is 10.8. The SMILES string of the molecule is CC(C)(NS(=O)(=O)c1ccc2c(c1)OCO2)c1ccc(F)cc1. The van der Waals surface area contributed by atoms with Crippen molar-refractivity contribution >= 4 is 10.0 Å². The standard InChI is InChI=1S/C16H16FNO4S/c1-16(2,11-3-5-12(17)6-4-11)18-23(19,20)13-7-8-14-15(9-13)22-10-21-14/h3-9,18H,10H2,1-2H3. The Balaban J connectivity index is 1.89. The third-order valence-electron chi connectivity index (χ3n) is 3.61. The lowest BCUT2D eigenvalue weighted by Crippen LogP contribution is -2.40. The molecule has 23 heavy (non-hydrogen) atoms. The molecule has 0 aromatic heterocycles. The Morgan fingerprint density at radius 1 is 1.04 bits per heavy atom. The normalized spacial score (nSPS) is 14.0. The molecule has 0 bridgehead atoms. The van der Waals surface area contributed by atoms with Gasteiger partial charge in [0.25, 0.3) is 0 Å². The molecule has 0 saturated heterocycles. The first-order valence-electron chi connectivity index (χ1n) is 6.98. The molecule has 0 fully saturated rings. The number of rotatable bonds is 4. The summed E-state index contributed by atoms with van der Waals surface area (Å²) >= 11 is 0. The van der Waals surface area contributed by atoms with E-state index in [1.54, 1.807) is 32.0 Å². The molecule has 2 aromatic carbocycles. The number of benzene rings is 2. The Morgan fingerprint density at radius 3 is 2.39 bits per heavy atom. The zero-order chi connectivity index (χ0) is 16.7. The molecule has 1 N–H and O–H groups in total. The minimum absolute atomic E-state index is 0.0767. The maximum atomic E-state index is 13.0. The Kier molecular flexibility index (Phi) is 3.77. The van der Waals surface area contributed by atoms with E-state index in [-0.39, 0.29) is 17.5 Å². The largest absolute Gasteiger partial charge is 0.454 e. The van der Waals surface area contributed by atoms with E-state index in [1.165, 1.54) is 24.3 Å². The number of ether oxygens (including phenoxy) is 2. The van der Waals surface area contributed by atoms with Crippen LogP contribution in [0.15, 0.2) is 47.4 Å². The summed E-state index contributed by atoms with van der Waals surface area (Å²) in [6.07, 6.45) is 0. The second-order valence-electron chi connectivity index (χ2n) is 5.75. The van der Waals surface area contributed by atoms with Crippen molar-refractivity contribution < 1.29 is 22.3 Å². The monoisotopic (exact) mass is 337 g/mol. The average molecular weight is 337 g/mol. The highest BCUT2D eigenvalue weighted by atomic mass is 32.2. The predicted octanol–water partition coefficient (Wildman–Crippen LogP) is 2.77. The van der Waals surface area contributed by atoms with Crippen LogP contribution in [0.5, 0.6) is 11.5 Å². The number of sulfonamides is 1. The van der Waals surface area contributed by atoms with Gasteiger partial charge in [-0.25, -0.2) is 17.5 Å². The van der Waals surface area contributed by atoms with Gasteiger partial charge in [0.1, 0.15) is 5.82 Å². The third-order valence-corrected chi connectivity index (χ3v) is 5.26. The maximum absolute atomic E-state index is 13.0. The van der Waals surface area contributed by atoms with Crippen LogP contribution in [0.1, 0.15) is 19.4 Å². The number of halogens is 1. The van der Waals surface area contributed by atoms with Crippen LogP contribution in [0.4, 0.5) is 4.39 Å². The average Bonchev–Trinajstić information content (AvgIpc) is 2.94. The topological polar surface area (TPSA) is 64.6 Å². The molecule has 0 unspecified atom stereocenters. The van der Waals surface area contributed by atoms with E-state index in [0.29, 0.717) is 17.1 Å². The summed E-state index contributed by atoms with van der Waals surface area (Å²) in [6.45, 7) is 3.50. The van der Waals surface area contributed by atoms with Gasteiger partial charge in [0.2, 0.25) is 16.8 Å². The summed E-state index contributed by atoms with van der Waals surface area (Å²) < 4.78 is 51.3. The molecule has 1 heterocycles. The zero-order valence-electron chi connectivity index (χ0n) is 12.7. The van der Waals surface area contributed by atoms with E-state index in [2.05, 4.69) is 4.72 Å². The minimum atomic E-state index is -3.78. The lowest BCUT2D eigenvalue weighted by atomic mass is 9.96. The molecule has 0 amide bonds. The predicted molar refractivity (Wildman–Crippen MR) is 82.3 cm³/mol. The van der Waals surface area contributed by atoms with Gasteiger partial charge < -0.3 is 9.47 Å². The van der Waals surface area contributed by atoms with Crippen molar-refractivity contribution in [2.75, 3.05) is 6.79 Å². The second kappa shape index (κ2) is 5.50. The van der Waals surface area contributed by atoms with E-state index in [1.807, 2.05) is 0 Å². The quantitative estimate of drug-likeness (QED) is 0.932. The summed E-state index contributed by atoms with van der Waals surface area (Å²) in [5.74, 6) is 0.539. The smallest absolute Gasteiger partial charge is 0.241 e. The molecular formula is C16H16FNO4S. The Labute approximate surface area is 134 Å². The molecule has 0 aliphatic carbocycles. The number of hydrogen-bond donors (Lipinski definition) is 1. The fraction of sp³-hybridized carbons (Fsp3) is 0.250. The summed E-state index contributed by atoms with van der Waals surface area (Å²) in [7, 11) is -3.78. The molecule has 2 aromatic rings. The molecule has 122 valence electrons. The molecule has 5 nitrogen and oxygen atoms in total. The summed E-state index contributed by atoms with van der Waals surface area (Å²) in [5, 5.41) is 0. The van der Waals surface area contributed by atoms with Crippen molar-refractivity contribution in [3.8, 4) is 11.5 Å². The Morgan fingerprint density at radius 2 is 1.70 bits per heavy atom. The molecule has 0 spiro atoms.